The van der Waals surface area contributed by atoms with Crippen LogP contribution in [0.3, 0.4) is 0 Å². The van der Waals surface area contributed by atoms with E-state index in [0.29, 0.717) is 0 Å². The normalized spacial score (nSPS) is 22.8. The van der Waals surface area contributed by atoms with Crippen LogP contribution in [0.15, 0.2) is 23.3 Å². The van der Waals surface area contributed by atoms with Crippen molar-refractivity contribution in [1.29, 1.82) is 0 Å². The highest BCUT2D eigenvalue weighted by atomic mass is 14.1. The maximum Gasteiger partial charge on any atom is -0.0194 e. The minimum absolute atomic E-state index is 0.773. The van der Waals surface area contributed by atoms with Crippen molar-refractivity contribution in [3.05, 3.63) is 23.3 Å². The molecule has 1 rings (SSSR count). The fraction of sp³-hybridized carbons (Fsp3) is 0.636. The van der Waals surface area contributed by atoms with E-state index in [0.717, 1.165) is 5.92 Å². The van der Waals surface area contributed by atoms with Crippen molar-refractivity contribution in [3.63, 3.8) is 0 Å². The van der Waals surface area contributed by atoms with Crippen molar-refractivity contribution in [2.24, 2.45) is 5.92 Å². The first-order valence-corrected chi connectivity index (χ1v) is 4.54. The third kappa shape index (κ3) is 3.41. The van der Waals surface area contributed by atoms with Crippen molar-refractivity contribution < 1.29 is 0 Å². The molecule has 0 saturated heterocycles. The molecule has 0 saturated carbocycles. The molecule has 1 aliphatic rings. The summed E-state index contributed by atoms with van der Waals surface area (Å²) in [5.74, 6) is 0.773. The maximum absolute atomic E-state index is 2.28. The van der Waals surface area contributed by atoms with Gasteiger partial charge in [-0.25, -0.2) is 0 Å². The molecule has 0 bridgehead atoms. The summed E-state index contributed by atoms with van der Waals surface area (Å²) in [7, 11) is 0. The van der Waals surface area contributed by atoms with E-state index in [2.05, 4.69) is 32.9 Å². The van der Waals surface area contributed by atoms with Crippen LogP contribution in [0, 0.1) is 5.92 Å². The largest absolute Gasteiger partial charge is 0.0727 e. The number of rotatable bonds is 0. The Hall–Kier alpha value is -0.520. The SMILES string of the molecule is CC.CC1=CC=C(C)C(C)C1. The fourth-order valence-corrected chi connectivity index (χ4v) is 1.15. The third-order valence-corrected chi connectivity index (χ3v) is 2.04. The molecule has 1 aliphatic carbocycles. The smallest absolute Gasteiger partial charge is 0.0194 e. The van der Waals surface area contributed by atoms with Gasteiger partial charge in [-0.15, -0.1) is 0 Å². The molecule has 0 N–H and O–H groups in total. The highest BCUT2D eigenvalue weighted by Crippen LogP contribution is 2.23. The van der Waals surface area contributed by atoms with E-state index in [4.69, 9.17) is 0 Å². The molecule has 0 radical (unpaired) electrons. The van der Waals surface area contributed by atoms with Crippen molar-refractivity contribution in [2.45, 2.75) is 41.0 Å². The van der Waals surface area contributed by atoms with Gasteiger partial charge in [-0.1, -0.05) is 44.1 Å². The van der Waals surface area contributed by atoms with Crippen LogP contribution >= 0.6 is 0 Å². The minimum Gasteiger partial charge on any atom is -0.0727 e. The zero-order valence-electron chi connectivity index (χ0n) is 8.44. The summed E-state index contributed by atoms with van der Waals surface area (Å²) in [5, 5.41) is 0. The second-order valence-corrected chi connectivity index (χ2v) is 3.03. The van der Waals surface area contributed by atoms with Crippen LogP contribution in [-0.4, -0.2) is 0 Å². The number of hydrogen-bond acceptors (Lipinski definition) is 0. The Morgan fingerprint density at radius 3 is 2.09 bits per heavy atom. The minimum atomic E-state index is 0.773. The van der Waals surface area contributed by atoms with Gasteiger partial charge in [0.15, 0.2) is 0 Å². The van der Waals surface area contributed by atoms with E-state index < -0.39 is 0 Å². The molecule has 1 unspecified atom stereocenters. The third-order valence-electron chi connectivity index (χ3n) is 2.04. The second kappa shape index (κ2) is 5.17. The van der Waals surface area contributed by atoms with E-state index in [9.17, 15) is 0 Å². The van der Waals surface area contributed by atoms with Gasteiger partial charge in [0.1, 0.15) is 0 Å². The van der Waals surface area contributed by atoms with E-state index in [1.54, 1.807) is 0 Å². The topological polar surface area (TPSA) is 0 Å². The summed E-state index contributed by atoms with van der Waals surface area (Å²) in [6, 6.07) is 0. The summed E-state index contributed by atoms with van der Waals surface area (Å²) in [5.41, 5.74) is 3.02. The van der Waals surface area contributed by atoms with E-state index >= 15 is 0 Å². The molecule has 0 amide bonds. The quantitative estimate of drug-likeness (QED) is 0.493. The molecule has 0 fully saturated rings. The molecule has 0 nitrogen and oxygen atoms in total. The van der Waals surface area contributed by atoms with Crippen LogP contribution in [0.5, 0.6) is 0 Å². The van der Waals surface area contributed by atoms with Crippen LogP contribution < -0.4 is 0 Å². The molecule has 0 aromatic rings. The average molecular weight is 152 g/mol. The van der Waals surface area contributed by atoms with Gasteiger partial charge in [-0.2, -0.15) is 0 Å². The molecule has 64 valence electrons. The molecule has 0 heteroatoms. The van der Waals surface area contributed by atoms with Crippen molar-refractivity contribution in [2.75, 3.05) is 0 Å². The van der Waals surface area contributed by atoms with Crippen LogP contribution in [0.2, 0.25) is 0 Å². The van der Waals surface area contributed by atoms with Gasteiger partial charge in [0.05, 0.1) is 0 Å². The zero-order valence-corrected chi connectivity index (χ0v) is 8.44. The van der Waals surface area contributed by atoms with E-state index in [1.165, 1.54) is 17.6 Å². The van der Waals surface area contributed by atoms with Gasteiger partial charge in [0.25, 0.3) is 0 Å². The monoisotopic (exact) mass is 152 g/mol. The fourth-order valence-electron chi connectivity index (χ4n) is 1.15. The Morgan fingerprint density at radius 1 is 1.18 bits per heavy atom. The van der Waals surface area contributed by atoms with Gasteiger partial charge in [-0.3, -0.25) is 0 Å². The Labute approximate surface area is 71.0 Å². The van der Waals surface area contributed by atoms with E-state index in [1.807, 2.05) is 13.8 Å². The molecule has 1 atom stereocenters. The van der Waals surface area contributed by atoms with Gasteiger partial charge in [-0.05, 0) is 26.2 Å². The predicted molar refractivity (Wildman–Crippen MR) is 52.6 cm³/mol. The summed E-state index contributed by atoms with van der Waals surface area (Å²) in [6.07, 6.45) is 5.70. The number of hydrogen-bond donors (Lipinski definition) is 0. The van der Waals surface area contributed by atoms with Crippen LogP contribution in [0.4, 0.5) is 0 Å². The molecular weight excluding hydrogens is 132 g/mol. The van der Waals surface area contributed by atoms with Crippen LogP contribution in [0.25, 0.3) is 0 Å². The Morgan fingerprint density at radius 2 is 1.73 bits per heavy atom. The lowest BCUT2D eigenvalue weighted by atomic mass is 9.90. The summed E-state index contributed by atoms with van der Waals surface area (Å²) < 4.78 is 0. The molecule has 0 aliphatic heterocycles. The molecule has 0 aromatic carbocycles. The van der Waals surface area contributed by atoms with Crippen molar-refractivity contribution in [1.82, 2.24) is 0 Å². The molecule has 0 spiro atoms. The van der Waals surface area contributed by atoms with Crippen molar-refractivity contribution >= 4 is 0 Å². The maximum atomic E-state index is 2.28. The standard InChI is InChI=1S/C9H14.C2H6/c1-7-4-5-8(2)9(3)6-7;1-2/h4-5,9H,6H2,1-3H3;1-2H3. The lowest BCUT2D eigenvalue weighted by Crippen LogP contribution is -2.00. The van der Waals surface area contributed by atoms with Gasteiger partial charge >= 0.3 is 0 Å². The second-order valence-electron chi connectivity index (χ2n) is 3.03. The molecule has 11 heavy (non-hydrogen) atoms. The average Bonchev–Trinajstić information content (AvgIpc) is 2.02. The Kier molecular flexibility index (Phi) is 4.93. The lowest BCUT2D eigenvalue weighted by Gasteiger charge is -2.15. The Bertz CT molecular complexity index is 161. The zero-order chi connectivity index (χ0) is 8.85. The first kappa shape index (κ1) is 10.5. The molecule has 0 aromatic heterocycles. The van der Waals surface area contributed by atoms with Crippen molar-refractivity contribution in [3.8, 4) is 0 Å². The van der Waals surface area contributed by atoms with Crippen LogP contribution in [-0.2, 0) is 0 Å². The van der Waals surface area contributed by atoms with Gasteiger partial charge in [0.2, 0.25) is 0 Å². The lowest BCUT2D eigenvalue weighted by molar-refractivity contribution is 0.662. The summed E-state index contributed by atoms with van der Waals surface area (Å²) >= 11 is 0. The summed E-state index contributed by atoms with van der Waals surface area (Å²) in [6.45, 7) is 10.7. The van der Waals surface area contributed by atoms with E-state index in [-0.39, 0.29) is 0 Å². The highest BCUT2D eigenvalue weighted by Gasteiger charge is 2.07. The summed E-state index contributed by atoms with van der Waals surface area (Å²) in [4.78, 5) is 0. The van der Waals surface area contributed by atoms with Gasteiger partial charge < -0.3 is 0 Å². The predicted octanol–water partition coefficient (Wildman–Crippen LogP) is 3.95. The van der Waals surface area contributed by atoms with Gasteiger partial charge in [0, 0.05) is 0 Å². The molecular formula is C11H20. The first-order valence-electron chi connectivity index (χ1n) is 4.54. The van der Waals surface area contributed by atoms with Crippen LogP contribution in [0.1, 0.15) is 41.0 Å². The molecule has 0 heterocycles. The first-order chi connectivity index (χ1) is 5.20. The number of allylic oxidation sites excluding steroid dienone is 4. The highest BCUT2D eigenvalue weighted by molar-refractivity contribution is 5.23. The Balaban J connectivity index is 0.000000461.